The van der Waals surface area contributed by atoms with Crippen molar-refractivity contribution >= 4 is 23.4 Å². The highest BCUT2D eigenvalue weighted by atomic mass is 32.2. The van der Waals surface area contributed by atoms with Gasteiger partial charge in [0.1, 0.15) is 5.69 Å². The number of anilines is 1. The monoisotopic (exact) mass is 320 g/mol. The molecule has 1 aliphatic rings. The van der Waals surface area contributed by atoms with Crippen LogP contribution in [0.4, 0.5) is 10.1 Å². The van der Waals surface area contributed by atoms with Crippen LogP contribution in [-0.4, -0.2) is 33.4 Å². The van der Waals surface area contributed by atoms with E-state index < -0.39 is 5.82 Å². The van der Waals surface area contributed by atoms with E-state index in [0.717, 1.165) is 23.0 Å². The number of hydrogen-bond acceptors (Lipinski definition) is 4. The van der Waals surface area contributed by atoms with Crippen molar-refractivity contribution in [3.63, 3.8) is 0 Å². The lowest BCUT2D eigenvalue weighted by Gasteiger charge is -2.12. The fourth-order valence-corrected chi connectivity index (χ4v) is 3.36. The number of hydrogen-bond donors (Lipinski definition) is 2. The van der Waals surface area contributed by atoms with Gasteiger partial charge in [-0.15, -0.1) is 11.8 Å². The summed E-state index contributed by atoms with van der Waals surface area (Å²) in [6.07, 6.45) is 0. The number of rotatable bonds is 3. The molecule has 5 nitrogen and oxygen atoms in total. The van der Waals surface area contributed by atoms with E-state index in [1.54, 1.807) is 28.6 Å². The number of nitrogens with zero attached hydrogens (tertiary/aromatic N) is 2. The van der Waals surface area contributed by atoms with Crippen LogP contribution in [0.3, 0.4) is 0 Å². The highest BCUT2D eigenvalue weighted by Gasteiger charge is 2.22. The molecule has 1 aromatic carbocycles. The van der Waals surface area contributed by atoms with E-state index in [1.807, 2.05) is 19.9 Å². The van der Waals surface area contributed by atoms with Crippen LogP contribution in [0.2, 0.25) is 0 Å². The number of carbonyl (C=O) groups is 1. The Hall–Kier alpha value is -1.86. The molecule has 1 saturated heterocycles. The van der Waals surface area contributed by atoms with Gasteiger partial charge in [-0.1, -0.05) is 0 Å². The van der Waals surface area contributed by atoms with Crippen molar-refractivity contribution in [3.05, 3.63) is 41.5 Å². The average Bonchev–Trinajstić information content (AvgIpc) is 3.09. The molecule has 2 aromatic rings. The maximum Gasteiger partial charge on any atom is 0.242 e. The standard InChI is InChI=1S/C15H17FN4OS/c1-9-5-10(2)20(19-9)14-4-3-11(6-12(14)16)18-15(21)13-7-22-8-17-13/h3-6,13,17H,7-8H2,1-2H3,(H,18,21). The second-order valence-corrected chi connectivity index (χ2v) is 6.30. The van der Waals surface area contributed by atoms with Crippen molar-refractivity contribution in [2.24, 2.45) is 0 Å². The van der Waals surface area contributed by atoms with Crippen molar-refractivity contribution < 1.29 is 9.18 Å². The smallest absolute Gasteiger partial charge is 0.242 e. The molecule has 0 aliphatic carbocycles. The highest BCUT2D eigenvalue weighted by molar-refractivity contribution is 7.99. The summed E-state index contributed by atoms with van der Waals surface area (Å²) in [5.41, 5.74) is 2.52. The third-order valence-corrected chi connectivity index (χ3v) is 4.43. The van der Waals surface area contributed by atoms with Gasteiger partial charge in [-0.3, -0.25) is 10.1 Å². The number of halogens is 1. The molecule has 0 bridgehead atoms. The number of aryl methyl sites for hydroxylation is 2. The van der Waals surface area contributed by atoms with Crippen LogP contribution in [-0.2, 0) is 4.79 Å². The van der Waals surface area contributed by atoms with Gasteiger partial charge in [-0.2, -0.15) is 5.10 Å². The molecule has 0 saturated carbocycles. The topological polar surface area (TPSA) is 59.0 Å². The minimum Gasteiger partial charge on any atom is -0.325 e. The van der Waals surface area contributed by atoms with Gasteiger partial charge >= 0.3 is 0 Å². The quantitative estimate of drug-likeness (QED) is 0.910. The van der Waals surface area contributed by atoms with E-state index in [9.17, 15) is 9.18 Å². The molecule has 1 unspecified atom stereocenters. The van der Waals surface area contributed by atoms with Crippen molar-refractivity contribution in [3.8, 4) is 5.69 Å². The summed E-state index contributed by atoms with van der Waals surface area (Å²) in [6, 6.07) is 6.31. The summed E-state index contributed by atoms with van der Waals surface area (Å²) in [5, 5.41) is 10.1. The molecule has 1 fully saturated rings. The Morgan fingerprint density at radius 3 is 2.86 bits per heavy atom. The lowest BCUT2D eigenvalue weighted by molar-refractivity contribution is -0.117. The van der Waals surface area contributed by atoms with Gasteiger partial charge in [0.05, 0.1) is 11.7 Å². The van der Waals surface area contributed by atoms with Crippen LogP contribution in [0, 0.1) is 19.7 Å². The minimum absolute atomic E-state index is 0.136. The number of carbonyl (C=O) groups excluding carboxylic acids is 1. The first-order valence-electron chi connectivity index (χ1n) is 7.00. The van der Waals surface area contributed by atoms with Crippen LogP contribution < -0.4 is 10.6 Å². The van der Waals surface area contributed by atoms with E-state index in [2.05, 4.69) is 15.7 Å². The molecular weight excluding hydrogens is 303 g/mol. The predicted octanol–water partition coefficient (Wildman–Crippen LogP) is 2.23. The lowest BCUT2D eigenvalue weighted by Crippen LogP contribution is -2.37. The summed E-state index contributed by atoms with van der Waals surface area (Å²) in [4.78, 5) is 12.0. The number of amides is 1. The Bertz CT molecular complexity index is 710. The molecule has 3 rings (SSSR count). The zero-order valence-corrected chi connectivity index (χ0v) is 13.2. The summed E-state index contributed by atoms with van der Waals surface area (Å²) in [6.45, 7) is 3.74. The minimum atomic E-state index is -0.419. The predicted molar refractivity (Wildman–Crippen MR) is 85.9 cm³/mol. The van der Waals surface area contributed by atoms with Crippen LogP contribution in [0.25, 0.3) is 5.69 Å². The van der Waals surface area contributed by atoms with E-state index in [-0.39, 0.29) is 11.9 Å². The van der Waals surface area contributed by atoms with Crippen LogP contribution in [0.5, 0.6) is 0 Å². The Balaban J connectivity index is 1.80. The van der Waals surface area contributed by atoms with Crippen LogP contribution >= 0.6 is 11.8 Å². The Morgan fingerprint density at radius 2 is 2.27 bits per heavy atom. The van der Waals surface area contributed by atoms with Gasteiger partial charge in [0.2, 0.25) is 5.91 Å². The molecule has 0 radical (unpaired) electrons. The molecule has 1 amide bonds. The second kappa shape index (κ2) is 6.10. The molecule has 1 aromatic heterocycles. The van der Waals surface area contributed by atoms with E-state index >= 15 is 0 Å². The zero-order chi connectivity index (χ0) is 15.7. The van der Waals surface area contributed by atoms with Crippen molar-refractivity contribution in [2.75, 3.05) is 16.9 Å². The summed E-state index contributed by atoms with van der Waals surface area (Å²) >= 11 is 1.67. The Labute approximate surface area is 132 Å². The molecule has 1 aliphatic heterocycles. The first-order chi connectivity index (χ1) is 10.5. The third kappa shape index (κ3) is 3.00. The van der Waals surface area contributed by atoms with Crippen LogP contribution in [0.1, 0.15) is 11.4 Å². The fraction of sp³-hybridized carbons (Fsp3) is 0.333. The number of thioether (sulfide) groups is 1. The summed E-state index contributed by atoms with van der Waals surface area (Å²) in [5.74, 6) is 0.947. The van der Waals surface area contributed by atoms with Crippen molar-refractivity contribution in [2.45, 2.75) is 19.9 Å². The number of benzene rings is 1. The molecule has 7 heteroatoms. The van der Waals surface area contributed by atoms with E-state index in [1.165, 1.54) is 6.07 Å². The van der Waals surface area contributed by atoms with Gasteiger partial charge in [-0.25, -0.2) is 9.07 Å². The highest BCUT2D eigenvalue weighted by Crippen LogP contribution is 2.20. The van der Waals surface area contributed by atoms with Gasteiger partial charge in [0.25, 0.3) is 0 Å². The van der Waals surface area contributed by atoms with Gasteiger partial charge in [-0.05, 0) is 38.1 Å². The van der Waals surface area contributed by atoms with Crippen LogP contribution in [0.15, 0.2) is 24.3 Å². The molecule has 22 heavy (non-hydrogen) atoms. The molecule has 1 atom stereocenters. The average molecular weight is 320 g/mol. The zero-order valence-electron chi connectivity index (χ0n) is 12.4. The fourth-order valence-electron chi connectivity index (χ4n) is 2.42. The first-order valence-corrected chi connectivity index (χ1v) is 8.15. The lowest BCUT2D eigenvalue weighted by atomic mass is 10.2. The molecule has 2 N–H and O–H groups in total. The molecular formula is C15H17FN4OS. The second-order valence-electron chi connectivity index (χ2n) is 5.27. The summed E-state index contributed by atoms with van der Waals surface area (Å²) in [7, 11) is 0. The third-order valence-electron chi connectivity index (χ3n) is 3.49. The van der Waals surface area contributed by atoms with Gasteiger partial charge in [0.15, 0.2) is 5.82 Å². The number of nitrogens with one attached hydrogen (secondary N) is 2. The van der Waals surface area contributed by atoms with Crippen molar-refractivity contribution in [1.29, 1.82) is 0 Å². The normalized spacial score (nSPS) is 17.7. The SMILES string of the molecule is Cc1cc(C)n(-c2ccc(NC(=O)C3CSCN3)cc2F)n1. The van der Waals surface area contributed by atoms with Gasteiger partial charge < -0.3 is 5.32 Å². The maximum absolute atomic E-state index is 14.3. The maximum atomic E-state index is 14.3. The molecule has 116 valence electrons. The largest absolute Gasteiger partial charge is 0.325 e. The van der Waals surface area contributed by atoms with Gasteiger partial charge in [0, 0.05) is 23.0 Å². The first kappa shape index (κ1) is 15.1. The Morgan fingerprint density at radius 1 is 1.45 bits per heavy atom. The van der Waals surface area contributed by atoms with E-state index in [0.29, 0.717) is 11.4 Å². The van der Waals surface area contributed by atoms with Crippen molar-refractivity contribution in [1.82, 2.24) is 15.1 Å². The summed E-state index contributed by atoms with van der Waals surface area (Å²) < 4.78 is 15.9. The van der Waals surface area contributed by atoms with E-state index in [4.69, 9.17) is 0 Å². The number of aromatic nitrogens is 2. The Kier molecular flexibility index (Phi) is 4.17. The molecule has 2 heterocycles. The molecule has 0 spiro atoms.